The first-order valence-electron chi connectivity index (χ1n) is 2.97. The Morgan fingerprint density at radius 1 is 0.500 bits per heavy atom. The monoisotopic (exact) mass is 503 g/mol. The molecule has 24 heteroatoms. The van der Waals surface area contributed by atoms with Crippen molar-refractivity contribution in [3.05, 3.63) is 0 Å². The molecule has 16 nitrogen and oxygen atoms in total. The summed E-state index contributed by atoms with van der Waals surface area (Å²) in [5.74, 6) is 0. The van der Waals surface area contributed by atoms with Gasteiger partial charge in [0, 0.05) is 0 Å². The topological polar surface area (TPSA) is 337 Å². The first-order valence-corrected chi connectivity index (χ1v) is 8.92. The smallest absolute Gasteiger partial charge is 0.822 e. The second-order valence-electron chi connectivity index (χ2n) is 1.85. The molecule has 0 unspecified atom stereocenters. The SMILES string of the molecule is O=P(O)(O)O.O=P([O-])([O-])[O-].O=P([O-])([O-])[O-].O=P([O-])([O-])[O-].[Li+].[Li+].[Mn+2].[V+5]. The molecule has 0 aromatic rings. The van der Waals surface area contributed by atoms with Crippen LogP contribution in [-0.2, 0) is 53.9 Å². The van der Waals surface area contributed by atoms with E-state index in [0.29, 0.717) is 0 Å². The largest absolute Gasteiger partial charge is 5.00 e. The van der Waals surface area contributed by atoms with Gasteiger partial charge in [-0.2, -0.15) is 23.5 Å². The van der Waals surface area contributed by atoms with E-state index in [1.165, 1.54) is 0 Å². The van der Waals surface area contributed by atoms with Crippen molar-refractivity contribution in [1.29, 1.82) is 0 Å². The summed E-state index contributed by atoms with van der Waals surface area (Å²) in [5.41, 5.74) is 0. The Kier molecular flexibility index (Phi) is 46.3. The van der Waals surface area contributed by atoms with Gasteiger partial charge in [0.25, 0.3) is 0 Å². The summed E-state index contributed by atoms with van der Waals surface area (Å²) >= 11 is 0. The average molecular weight is 503 g/mol. The van der Waals surface area contributed by atoms with Crippen molar-refractivity contribution in [1.82, 2.24) is 0 Å². The molecule has 0 saturated carbocycles. The van der Waals surface area contributed by atoms with Crippen LogP contribution in [0.4, 0.5) is 0 Å². The molecule has 0 aromatic carbocycles. The van der Waals surface area contributed by atoms with E-state index in [2.05, 4.69) is 0 Å². The minimum atomic E-state index is -5.39. The molecule has 0 aliphatic rings. The van der Waals surface area contributed by atoms with Gasteiger partial charge in [0.1, 0.15) is 0 Å². The van der Waals surface area contributed by atoms with E-state index in [0.717, 1.165) is 0 Å². The molecule has 0 rings (SSSR count). The number of phosphoric acid groups is 4. The molecule has 0 aromatic heterocycles. The zero-order valence-corrected chi connectivity index (χ0v) is 17.4. The Bertz CT molecular complexity index is 301. The molecule has 0 heterocycles. The second kappa shape index (κ2) is 22.0. The third kappa shape index (κ3) is 1860. The molecule has 3 N–H and O–H groups in total. The van der Waals surface area contributed by atoms with E-state index < -0.39 is 31.3 Å². The van der Waals surface area contributed by atoms with E-state index in [9.17, 15) is 0 Å². The number of hydrogen-bond donors (Lipinski definition) is 3. The minimum Gasteiger partial charge on any atom is -0.822 e. The third-order valence-corrected chi connectivity index (χ3v) is 0. The van der Waals surface area contributed by atoms with Crippen molar-refractivity contribution < 1.29 is 150 Å². The fourth-order valence-electron chi connectivity index (χ4n) is 0. The summed E-state index contributed by atoms with van der Waals surface area (Å²) in [5, 5.41) is 0. The van der Waals surface area contributed by atoms with Gasteiger partial charge >= 0.3 is 81.2 Å². The van der Waals surface area contributed by atoms with Crippen LogP contribution in [0.1, 0.15) is 0 Å². The maximum atomic E-state index is 8.88. The average Bonchev–Trinajstić information content (AvgIpc) is 1.62. The van der Waals surface area contributed by atoms with E-state index in [4.69, 9.17) is 77.0 Å². The first-order chi connectivity index (χ1) is 8.00. The number of hydrogen-bond acceptors (Lipinski definition) is 13. The summed E-state index contributed by atoms with van der Waals surface area (Å²) < 4.78 is 34.5. The van der Waals surface area contributed by atoms with Crippen LogP contribution < -0.4 is 81.8 Å². The fraction of sp³-hybridized carbons (Fsp3) is 0. The van der Waals surface area contributed by atoms with Crippen molar-refractivity contribution in [2.75, 3.05) is 0 Å². The van der Waals surface area contributed by atoms with E-state index in [1.807, 2.05) is 0 Å². The van der Waals surface area contributed by atoms with Crippen molar-refractivity contribution in [3.8, 4) is 0 Å². The Hall–Kier alpha value is 2.74. The van der Waals surface area contributed by atoms with Crippen molar-refractivity contribution in [2.24, 2.45) is 0 Å². The van der Waals surface area contributed by atoms with Gasteiger partial charge in [0.15, 0.2) is 0 Å². The van der Waals surface area contributed by atoms with Crippen LogP contribution in [0, 0.1) is 0 Å². The van der Waals surface area contributed by atoms with Crippen molar-refractivity contribution in [3.63, 3.8) is 0 Å². The summed E-state index contributed by atoms with van der Waals surface area (Å²) in [6.45, 7) is 0. The first kappa shape index (κ1) is 50.4. The Morgan fingerprint density at radius 2 is 0.500 bits per heavy atom. The molecule has 24 heavy (non-hydrogen) atoms. The second-order valence-corrected chi connectivity index (χ2v) is 5.56. The van der Waals surface area contributed by atoms with E-state index >= 15 is 0 Å². The summed E-state index contributed by atoms with van der Waals surface area (Å²) in [6, 6.07) is 0. The minimum absolute atomic E-state index is 0. The quantitative estimate of drug-likeness (QED) is 0.204. The third-order valence-electron chi connectivity index (χ3n) is 0. The van der Waals surface area contributed by atoms with Crippen LogP contribution in [0.15, 0.2) is 0 Å². The van der Waals surface area contributed by atoms with Crippen LogP contribution in [0.5, 0.6) is 0 Å². The molecule has 0 saturated heterocycles. The van der Waals surface area contributed by atoms with E-state index in [1.54, 1.807) is 0 Å². The standard InChI is InChI=1S/2Li.Mn.4H3O4P.V/c;;;4*1-5(2,3)4;/h;;;4*(H3,1,2,3,4);/q2*+1;+2;;;;;+5/p-9. The van der Waals surface area contributed by atoms with Gasteiger partial charge in [-0.15, -0.1) is 0 Å². The molecular formula is H3Li2MnO16P4V. The predicted octanol–water partition coefficient (Wildman–Crippen LogP) is -15.4. The van der Waals surface area contributed by atoms with Crippen LogP contribution in [0.2, 0.25) is 0 Å². The zero-order chi connectivity index (χ0) is 18.0. The molecule has 0 atom stereocenters. The van der Waals surface area contributed by atoms with Gasteiger partial charge in [-0.1, -0.05) is 0 Å². The van der Waals surface area contributed by atoms with Crippen molar-refractivity contribution in [2.45, 2.75) is 0 Å². The maximum absolute atomic E-state index is 8.88. The molecule has 0 aliphatic carbocycles. The molecule has 1 radical (unpaired) electrons. The van der Waals surface area contributed by atoms with Crippen LogP contribution in [-0.4, -0.2) is 14.7 Å². The molecule has 0 aliphatic heterocycles. The Morgan fingerprint density at radius 3 is 0.500 bits per heavy atom. The van der Waals surface area contributed by atoms with Gasteiger partial charge in [-0.3, -0.25) is 0 Å². The normalized spacial score (nSPS) is 9.83. The van der Waals surface area contributed by atoms with Crippen LogP contribution >= 0.6 is 31.3 Å². The summed E-state index contributed by atoms with van der Waals surface area (Å²) in [4.78, 5) is 98.5. The van der Waals surface area contributed by atoms with Crippen molar-refractivity contribution >= 4 is 31.3 Å². The Labute approximate surface area is 180 Å². The fourth-order valence-corrected chi connectivity index (χ4v) is 0. The molecule has 133 valence electrons. The molecule has 0 fully saturated rings. The van der Waals surface area contributed by atoms with Gasteiger partial charge in [0.2, 0.25) is 0 Å². The van der Waals surface area contributed by atoms with Gasteiger partial charge in [-0.05, 0) is 0 Å². The maximum Gasteiger partial charge on any atom is 5.00 e. The summed E-state index contributed by atoms with van der Waals surface area (Å²) in [7, 11) is -20.8. The molecular weight excluding hydrogens is 500 g/mol. The van der Waals surface area contributed by atoms with Gasteiger partial charge in [0.05, 0.1) is 0 Å². The van der Waals surface area contributed by atoms with Gasteiger partial charge in [-0.25, -0.2) is 4.57 Å². The predicted molar refractivity (Wildman–Crippen MR) is 37.1 cm³/mol. The van der Waals surface area contributed by atoms with E-state index in [-0.39, 0.29) is 73.3 Å². The molecule has 0 spiro atoms. The molecule has 0 bridgehead atoms. The number of rotatable bonds is 0. The molecule has 0 amide bonds. The summed E-state index contributed by atoms with van der Waals surface area (Å²) in [6.07, 6.45) is 0. The Balaban J connectivity index is -0.0000000225. The van der Waals surface area contributed by atoms with Crippen LogP contribution in [0.3, 0.4) is 0 Å². The van der Waals surface area contributed by atoms with Crippen LogP contribution in [0.25, 0.3) is 0 Å². The van der Waals surface area contributed by atoms with Gasteiger partial charge < -0.3 is 72.4 Å². The zero-order valence-electron chi connectivity index (χ0n) is 11.3.